The van der Waals surface area contributed by atoms with Gasteiger partial charge >= 0.3 is 0 Å². The molecule has 0 aliphatic carbocycles. The lowest BCUT2D eigenvalue weighted by Gasteiger charge is -2.10. The Bertz CT molecular complexity index is 619. The van der Waals surface area contributed by atoms with Crippen LogP contribution in [-0.2, 0) is 0 Å². The first kappa shape index (κ1) is 14.1. The Kier molecular flexibility index (Phi) is 4.27. The van der Waals surface area contributed by atoms with Gasteiger partial charge < -0.3 is 9.47 Å². The number of aryl methyl sites for hydroxylation is 1. The molecule has 1 aromatic heterocycles. The molecule has 19 heavy (non-hydrogen) atoms. The summed E-state index contributed by atoms with van der Waals surface area (Å²) in [6.45, 7) is 1.98. The highest BCUT2D eigenvalue weighted by atomic mass is 79.9. The van der Waals surface area contributed by atoms with Crippen LogP contribution in [0.4, 0.5) is 0 Å². The van der Waals surface area contributed by atoms with E-state index in [0.29, 0.717) is 26.4 Å². The van der Waals surface area contributed by atoms with Crippen molar-refractivity contribution in [3.63, 3.8) is 0 Å². The zero-order valence-electron chi connectivity index (χ0n) is 10.8. The van der Waals surface area contributed by atoms with Gasteiger partial charge in [-0.2, -0.15) is 0 Å². The van der Waals surface area contributed by atoms with Crippen molar-refractivity contribution in [2.45, 2.75) is 6.92 Å². The summed E-state index contributed by atoms with van der Waals surface area (Å²) in [5.74, 6) is 1.11. The van der Waals surface area contributed by atoms with E-state index in [1.165, 1.54) is 11.3 Å². The van der Waals surface area contributed by atoms with Crippen molar-refractivity contribution in [2.24, 2.45) is 0 Å². The number of carbonyl (C=O) groups is 1. The highest BCUT2D eigenvalue weighted by molar-refractivity contribution is 9.10. The van der Waals surface area contributed by atoms with Crippen LogP contribution < -0.4 is 9.47 Å². The summed E-state index contributed by atoms with van der Waals surface area (Å²) in [5, 5.41) is 0. The molecule has 100 valence electrons. The first-order valence-electron chi connectivity index (χ1n) is 5.59. The minimum atomic E-state index is -0.0223. The lowest BCUT2D eigenvalue weighted by molar-refractivity contribution is 0.104. The third-order valence-corrected chi connectivity index (χ3v) is 4.34. The number of thiophene rings is 1. The van der Waals surface area contributed by atoms with Crippen molar-refractivity contribution in [3.05, 3.63) is 44.1 Å². The van der Waals surface area contributed by atoms with Crippen LogP contribution in [0.1, 0.15) is 20.1 Å². The zero-order chi connectivity index (χ0) is 14.0. The number of rotatable bonds is 4. The number of carbonyl (C=O) groups excluding carboxylic acids is 1. The molecule has 0 amide bonds. The van der Waals surface area contributed by atoms with Gasteiger partial charge in [0.25, 0.3) is 0 Å². The summed E-state index contributed by atoms with van der Waals surface area (Å²) in [6.07, 6.45) is 0. The lowest BCUT2D eigenvalue weighted by Crippen LogP contribution is -2.02. The third-order valence-electron chi connectivity index (χ3n) is 2.68. The first-order valence-corrected chi connectivity index (χ1v) is 7.20. The number of ketones is 1. The molecule has 0 bridgehead atoms. The first-order chi connectivity index (χ1) is 9.06. The van der Waals surface area contributed by atoms with Crippen molar-refractivity contribution in [1.29, 1.82) is 0 Å². The summed E-state index contributed by atoms with van der Waals surface area (Å²) >= 11 is 4.88. The van der Waals surface area contributed by atoms with E-state index in [2.05, 4.69) is 15.9 Å². The number of methoxy groups -OCH3 is 2. The molecule has 0 saturated carbocycles. The van der Waals surface area contributed by atoms with E-state index < -0.39 is 0 Å². The summed E-state index contributed by atoms with van der Waals surface area (Å²) in [6, 6.07) is 7.21. The molecule has 5 heteroatoms. The highest BCUT2D eigenvalue weighted by Gasteiger charge is 2.18. The molecule has 0 atom stereocenters. The van der Waals surface area contributed by atoms with Gasteiger partial charge in [-0.1, -0.05) is 0 Å². The van der Waals surface area contributed by atoms with Crippen molar-refractivity contribution >= 4 is 33.0 Å². The number of ether oxygens (including phenoxy) is 2. The highest BCUT2D eigenvalue weighted by Crippen LogP contribution is 2.35. The maximum atomic E-state index is 12.4. The van der Waals surface area contributed by atoms with Gasteiger partial charge in [-0.05, 0) is 47.1 Å². The Morgan fingerprint density at radius 2 is 1.79 bits per heavy atom. The molecule has 1 aromatic carbocycles. The van der Waals surface area contributed by atoms with Gasteiger partial charge in [0, 0.05) is 14.9 Å². The average molecular weight is 341 g/mol. The molecular weight excluding hydrogens is 328 g/mol. The predicted molar refractivity (Wildman–Crippen MR) is 79.7 cm³/mol. The van der Waals surface area contributed by atoms with Crippen LogP contribution in [0.15, 0.2) is 28.7 Å². The number of halogens is 1. The van der Waals surface area contributed by atoms with E-state index >= 15 is 0 Å². The summed E-state index contributed by atoms with van der Waals surface area (Å²) in [7, 11) is 3.11. The standard InChI is InChI=1S/C14H13BrO3S/c1-8-4-5-13(19-8)14(16)9-6-11(17-2)12(18-3)7-10(9)15/h4-7H,1-3H3. The van der Waals surface area contributed by atoms with E-state index in [1.54, 1.807) is 26.4 Å². The van der Waals surface area contributed by atoms with Crippen LogP contribution in [0.5, 0.6) is 11.5 Å². The molecule has 0 saturated heterocycles. The second-order valence-electron chi connectivity index (χ2n) is 3.93. The molecule has 0 N–H and O–H groups in total. The molecule has 0 fully saturated rings. The van der Waals surface area contributed by atoms with E-state index in [-0.39, 0.29) is 5.78 Å². The summed E-state index contributed by atoms with van der Waals surface area (Å²) in [4.78, 5) is 14.3. The van der Waals surface area contributed by atoms with Crippen LogP contribution >= 0.6 is 27.3 Å². The third kappa shape index (κ3) is 2.82. The van der Waals surface area contributed by atoms with Gasteiger partial charge in [0.05, 0.1) is 19.1 Å². The Morgan fingerprint density at radius 3 is 2.32 bits per heavy atom. The number of benzene rings is 1. The SMILES string of the molecule is COc1cc(Br)c(C(=O)c2ccc(C)s2)cc1OC. The maximum absolute atomic E-state index is 12.4. The zero-order valence-corrected chi connectivity index (χ0v) is 13.2. The van der Waals surface area contributed by atoms with Crippen LogP contribution in [-0.4, -0.2) is 20.0 Å². The predicted octanol–water partition coefficient (Wildman–Crippen LogP) is 4.07. The topological polar surface area (TPSA) is 35.5 Å². The molecule has 0 radical (unpaired) electrons. The van der Waals surface area contributed by atoms with Gasteiger partial charge in [-0.15, -0.1) is 11.3 Å². The van der Waals surface area contributed by atoms with Gasteiger partial charge in [0.2, 0.25) is 5.78 Å². The Morgan fingerprint density at radius 1 is 1.16 bits per heavy atom. The van der Waals surface area contributed by atoms with Gasteiger partial charge in [-0.25, -0.2) is 0 Å². The molecule has 0 aliphatic heterocycles. The molecule has 3 nitrogen and oxygen atoms in total. The van der Waals surface area contributed by atoms with Gasteiger partial charge in [0.15, 0.2) is 11.5 Å². The largest absolute Gasteiger partial charge is 0.493 e. The normalized spacial score (nSPS) is 10.3. The van der Waals surface area contributed by atoms with Crippen LogP contribution in [0.3, 0.4) is 0 Å². The van der Waals surface area contributed by atoms with E-state index in [9.17, 15) is 4.79 Å². The summed E-state index contributed by atoms with van der Waals surface area (Å²) < 4.78 is 11.1. The Labute approximate surface area is 124 Å². The molecule has 0 spiro atoms. The Balaban J connectivity index is 2.47. The van der Waals surface area contributed by atoms with E-state index in [4.69, 9.17) is 9.47 Å². The van der Waals surface area contributed by atoms with Crippen molar-refractivity contribution in [1.82, 2.24) is 0 Å². The molecule has 2 aromatic rings. The molecular formula is C14H13BrO3S. The van der Waals surface area contributed by atoms with Crippen molar-refractivity contribution < 1.29 is 14.3 Å². The minimum Gasteiger partial charge on any atom is -0.493 e. The maximum Gasteiger partial charge on any atom is 0.204 e. The monoisotopic (exact) mass is 340 g/mol. The van der Waals surface area contributed by atoms with Gasteiger partial charge in [0.1, 0.15) is 0 Å². The van der Waals surface area contributed by atoms with E-state index in [1.807, 2.05) is 19.1 Å². The van der Waals surface area contributed by atoms with Crippen molar-refractivity contribution in [2.75, 3.05) is 14.2 Å². The second kappa shape index (κ2) is 5.75. The fourth-order valence-corrected chi connectivity index (χ4v) is 3.04. The number of hydrogen-bond donors (Lipinski definition) is 0. The second-order valence-corrected chi connectivity index (χ2v) is 6.07. The van der Waals surface area contributed by atoms with E-state index in [0.717, 1.165) is 4.88 Å². The molecule has 2 rings (SSSR count). The molecule has 0 aliphatic rings. The smallest absolute Gasteiger partial charge is 0.204 e. The fourth-order valence-electron chi connectivity index (χ4n) is 1.72. The average Bonchev–Trinajstić information content (AvgIpc) is 2.84. The Hall–Kier alpha value is -1.33. The van der Waals surface area contributed by atoms with Crippen LogP contribution in [0, 0.1) is 6.92 Å². The van der Waals surface area contributed by atoms with Gasteiger partial charge in [-0.3, -0.25) is 4.79 Å². The van der Waals surface area contributed by atoms with Crippen molar-refractivity contribution in [3.8, 4) is 11.5 Å². The molecule has 1 heterocycles. The number of hydrogen-bond acceptors (Lipinski definition) is 4. The molecule has 0 unspecified atom stereocenters. The van der Waals surface area contributed by atoms with Crippen LogP contribution in [0.2, 0.25) is 0 Å². The quantitative estimate of drug-likeness (QED) is 0.787. The lowest BCUT2D eigenvalue weighted by atomic mass is 10.1. The fraction of sp³-hybridized carbons (Fsp3) is 0.214. The van der Waals surface area contributed by atoms with Crippen LogP contribution in [0.25, 0.3) is 0 Å². The minimum absolute atomic E-state index is 0.0223. The summed E-state index contributed by atoms with van der Waals surface area (Å²) in [5.41, 5.74) is 0.569.